The minimum absolute atomic E-state index is 0.0225. The van der Waals surface area contributed by atoms with Gasteiger partial charge in [0.1, 0.15) is 0 Å². The average Bonchev–Trinajstić information content (AvgIpc) is 2.53. The van der Waals surface area contributed by atoms with Crippen LogP contribution in [0, 0.1) is 0 Å². The number of hydrogen-bond donors (Lipinski definition) is 4. The molecule has 3 rings (SSSR count). The minimum Gasteiger partial charge on any atom is -0.394 e. The van der Waals surface area contributed by atoms with Gasteiger partial charge in [-0.1, -0.05) is 18.2 Å². The van der Waals surface area contributed by atoms with E-state index in [1.807, 2.05) is 24.3 Å². The summed E-state index contributed by atoms with van der Waals surface area (Å²) in [6, 6.07) is 12.8. The van der Waals surface area contributed by atoms with E-state index < -0.39 is 6.10 Å². The highest BCUT2D eigenvalue weighted by Gasteiger charge is 2.09. The zero-order valence-corrected chi connectivity index (χ0v) is 11.3. The second kappa shape index (κ2) is 5.55. The molecule has 0 saturated heterocycles. The molecule has 0 radical (unpaired) electrons. The van der Waals surface area contributed by atoms with Crippen molar-refractivity contribution < 1.29 is 10.2 Å². The van der Waals surface area contributed by atoms with Crippen LogP contribution in [0.25, 0.3) is 21.8 Å². The molecule has 0 amide bonds. The molecule has 0 aliphatic rings. The molecule has 2 aromatic carbocycles. The molecular formula is C16H16N2O3. The van der Waals surface area contributed by atoms with Gasteiger partial charge in [0.05, 0.1) is 23.9 Å². The SMILES string of the molecule is O=c1c2ccccc2[nH]c2c(NCC(O)CO)cccc12. The monoisotopic (exact) mass is 284 g/mol. The lowest BCUT2D eigenvalue weighted by Crippen LogP contribution is -2.23. The number of fused-ring (bicyclic) bond motifs is 2. The average molecular weight is 284 g/mol. The van der Waals surface area contributed by atoms with Crippen LogP contribution in [0.5, 0.6) is 0 Å². The normalized spacial score (nSPS) is 12.7. The van der Waals surface area contributed by atoms with Gasteiger partial charge in [-0.05, 0) is 24.3 Å². The number of benzene rings is 2. The van der Waals surface area contributed by atoms with Gasteiger partial charge in [0, 0.05) is 22.8 Å². The topological polar surface area (TPSA) is 85.4 Å². The lowest BCUT2D eigenvalue weighted by atomic mass is 10.1. The van der Waals surface area contributed by atoms with Crippen molar-refractivity contribution in [2.75, 3.05) is 18.5 Å². The van der Waals surface area contributed by atoms with E-state index in [-0.39, 0.29) is 18.6 Å². The third kappa shape index (κ3) is 2.49. The van der Waals surface area contributed by atoms with E-state index in [0.29, 0.717) is 16.3 Å². The zero-order valence-electron chi connectivity index (χ0n) is 11.3. The van der Waals surface area contributed by atoms with Gasteiger partial charge in [-0.15, -0.1) is 0 Å². The first-order valence-corrected chi connectivity index (χ1v) is 6.77. The van der Waals surface area contributed by atoms with Crippen LogP contribution in [0.15, 0.2) is 47.3 Å². The molecule has 0 fully saturated rings. The lowest BCUT2D eigenvalue weighted by Gasteiger charge is -2.13. The maximum atomic E-state index is 12.5. The third-order valence-corrected chi connectivity index (χ3v) is 3.48. The Labute approximate surface area is 120 Å². The van der Waals surface area contributed by atoms with Crippen molar-refractivity contribution in [2.24, 2.45) is 0 Å². The molecule has 0 aliphatic heterocycles. The van der Waals surface area contributed by atoms with E-state index in [0.717, 1.165) is 11.2 Å². The lowest BCUT2D eigenvalue weighted by molar-refractivity contribution is 0.105. The van der Waals surface area contributed by atoms with Gasteiger partial charge < -0.3 is 20.5 Å². The zero-order chi connectivity index (χ0) is 14.8. The molecule has 21 heavy (non-hydrogen) atoms. The molecule has 1 aromatic heterocycles. The van der Waals surface area contributed by atoms with Crippen LogP contribution in [-0.4, -0.2) is 34.5 Å². The predicted molar refractivity (Wildman–Crippen MR) is 83.7 cm³/mol. The smallest absolute Gasteiger partial charge is 0.197 e. The number of hydrogen-bond acceptors (Lipinski definition) is 4. The van der Waals surface area contributed by atoms with E-state index >= 15 is 0 Å². The quantitative estimate of drug-likeness (QED) is 0.546. The van der Waals surface area contributed by atoms with E-state index in [2.05, 4.69) is 10.3 Å². The molecule has 108 valence electrons. The van der Waals surface area contributed by atoms with Gasteiger partial charge in [0.25, 0.3) is 0 Å². The van der Waals surface area contributed by atoms with Crippen molar-refractivity contribution in [3.8, 4) is 0 Å². The Balaban J connectivity index is 2.16. The fraction of sp³-hybridized carbons (Fsp3) is 0.188. The highest BCUT2D eigenvalue weighted by atomic mass is 16.3. The summed E-state index contributed by atoms with van der Waals surface area (Å²) in [4.78, 5) is 15.8. The number of anilines is 1. The van der Waals surface area contributed by atoms with Gasteiger partial charge in [-0.25, -0.2) is 0 Å². The Morgan fingerprint density at radius 1 is 1.10 bits per heavy atom. The van der Waals surface area contributed by atoms with Gasteiger partial charge in [-0.2, -0.15) is 0 Å². The molecule has 5 nitrogen and oxygen atoms in total. The Morgan fingerprint density at radius 3 is 2.67 bits per heavy atom. The van der Waals surface area contributed by atoms with Crippen molar-refractivity contribution >= 4 is 27.5 Å². The summed E-state index contributed by atoms with van der Waals surface area (Å²) in [5, 5.41) is 22.6. The fourth-order valence-corrected chi connectivity index (χ4v) is 2.39. The molecule has 4 N–H and O–H groups in total. The van der Waals surface area contributed by atoms with Crippen LogP contribution >= 0.6 is 0 Å². The van der Waals surface area contributed by atoms with Crippen LogP contribution in [0.2, 0.25) is 0 Å². The van der Waals surface area contributed by atoms with Crippen molar-refractivity contribution in [3.05, 3.63) is 52.7 Å². The molecular weight excluding hydrogens is 268 g/mol. The molecule has 0 aliphatic carbocycles. The standard InChI is InChI=1S/C16H16N2O3/c19-9-10(20)8-17-14-7-3-5-12-15(14)18-13-6-2-1-4-11(13)16(12)21/h1-7,10,17,19-20H,8-9H2,(H,18,21). The Hall–Kier alpha value is -2.37. The first-order chi connectivity index (χ1) is 10.2. The molecule has 1 unspecified atom stereocenters. The Morgan fingerprint density at radius 2 is 1.86 bits per heavy atom. The van der Waals surface area contributed by atoms with Crippen molar-refractivity contribution in [1.29, 1.82) is 0 Å². The van der Waals surface area contributed by atoms with Crippen molar-refractivity contribution in [3.63, 3.8) is 0 Å². The number of aliphatic hydroxyl groups is 2. The van der Waals surface area contributed by atoms with E-state index in [4.69, 9.17) is 5.11 Å². The number of nitrogens with one attached hydrogen (secondary N) is 2. The molecule has 0 saturated carbocycles. The minimum atomic E-state index is -0.840. The predicted octanol–water partition coefficient (Wildman–Crippen LogP) is 1.45. The number of aliphatic hydroxyl groups excluding tert-OH is 2. The van der Waals surface area contributed by atoms with Crippen LogP contribution < -0.4 is 10.7 Å². The molecule has 0 bridgehead atoms. The second-order valence-electron chi connectivity index (χ2n) is 4.95. The second-order valence-corrected chi connectivity index (χ2v) is 4.95. The summed E-state index contributed by atoms with van der Waals surface area (Å²) >= 11 is 0. The fourth-order valence-electron chi connectivity index (χ4n) is 2.39. The summed E-state index contributed by atoms with van der Waals surface area (Å²) in [6.45, 7) is -0.0955. The van der Waals surface area contributed by atoms with Crippen molar-refractivity contribution in [1.82, 2.24) is 4.98 Å². The highest BCUT2D eigenvalue weighted by Crippen LogP contribution is 2.21. The summed E-state index contributed by atoms with van der Waals surface area (Å²) in [6.07, 6.45) is -0.840. The van der Waals surface area contributed by atoms with Crippen LogP contribution in [0.1, 0.15) is 0 Å². The first kappa shape index (κ1) is 13.6. The largest absolute Gasteiger partial charge is 0.394 e. The molecule has 5 heteroatoms. The Kier molecular flexibility index (Phi) is 3.60. The summed E-state index contributed by atoms with van der Waals surface area (Å²) < 4.78 is 0. The first-order valence-electron chi connectivity index (χ1n) is 6.77. The van der Waals surface area contributed by atoms with E-state index in [1.165, 1.54) is 0 Å². The number of para-hydroxylation sites is 2. The number of H-pyrrole nitrogens is 1. The number of aromatic amines is 1. The van der Waals surface area contributed by atoms with Gasteiger partial charge in [-0.3, -0.25) is 4.79 Å². The molecule has 1 heterocycles. The van der Waals surface area contributed by atoms with Gasteiger partial charge in [0.2, 0.25) is 0 Å². The van der Waals surface area contributed by atoms with Crippen molar-refractivity contribution in [2.45, 2.75) is 6.10 Å². The molecule has 1 atom stereocenters. The van der Waals surface area contributed by atoms with E-state index in [9.17, 15) is 9.90 Å². The number of aromatic nitrogens is 1. The third-order valence-electron chi connectivity index (χ3n) is 3.48. The number of rotatable bonds is 4. The highest BCUT2D eigenvalue weighted by molar-refractivity contribution is 5.98. The van der Waals surface area contributed by atoms with Crippen LogP contribution in [0.3, 0.4) is 0 Å². The van der Waals surface area contributed by atoms with Gasteiger partial charge >= 0.3 is 0 Å². The van der Waals surface area contributed by atoms with Crippen LogP contribution in [-0.2, 0) is 0 Å². The summed E-state index contributed by atoms with van der Waals surface area (Å²) in [5.74, 6) is 0. The number of pyridine rings is 1. The summed E-state index contributed by atoms with van der Waals surface area (Å²) in [7, 11) is 0. The maximum absolute atomic E-state index is 12.5. The van der Waals surface area contributed by atoms with Crippen LogP contribution in [0.4, 0.5) is 5.69 Å². The van der Waals surface area contributed by atoms with E-state index in [1.54, 1.807) is 18.2 Å². The molecule has 3 aromatic rings. The molecule has 0 spiro atoms. The Bertz CT molecular complexity index is 842. The maximum Gasteiger partial charge on any atom is 0.197 e. The van der Waals surface area contributed by atoms with Gasteiger partial charge in [0.15, 0.2) is 5.43 Å². The summed E-state index contributed by atoms with van der Waals surface area (Å²) in [5.41, 5.74) is 2.17.